The van der Waals surface area contributed by atoms with Crippen LogP contribution >= 0.6 is 0 Å². The molecule has 1 aromatic rings. The van der Waals surface area contributed by atoms with Crippen molar-refractivity contribution in [1.29, 1.82) is 0 Å². The zero-order valence-corrected chi connectivity index (χ0v) is 9.72. The van der Waals surface area contributed by atoms with Gasteiger partial charge in [-0.25, -0.2) is 4.79 Å². The number of anilines is 2. The van der Waals surface area contributed by atoms with Gasteiger partial charge in [0.25, 0.3) is 0 Å². The third-order valence-corrected chi connectivity index (χ3v) is 2.96. The van der Waals surface area contributed by atoms with E-state index in [0.29, 0.717) is 36.7 Å². The lowest BCUT2D eigenvalue weighted by Crippen LogP contribution is -2.45. The number of carbonyl (C=O) groups is 1. The number of carboxylic acid groups (broad SMARTS) is 1. The molecule has 2 rings (SSSR count). The van der Waals surface area contributed by atoms with Gasteiger partial charge < -0.3 is 20.5 Å². The molecule has 0 amide bonds. The Morgan fingerprint density at radius 2 is 2.41 bits per heavy atom. The average molecular weight is 236 g/mol. The molecule has 1 unspecified atom stereocenters. The molecule has 0 saturated heterocycles. The number of nitrogen functional groups attached to an aromatic ring is 1. The lowest BCUT2D eigenvalue weighted by molar-refractivity contribution is -0.138. The number of fused-ring (bicyclic) bond motifs is 1. The minimum absolute atomic E-state index is 0.486. The highest BCUT2D eigenvalue weighted by Gasteiger charge is 2.30. The number of aliphatic carboxylic acids is 1. The number of nitrogens with zero attached hydrogens (tertiary/aromatic N) is 1. The van der Waals surface area contributed by atoms with E-state index in [1.165, 1.54) is 0 Å². The van der Waals surface area contributed by atoms with Crippen LogP contribution in [0.15, 0.2) is 18.2 Å². The van der Waals surface area contributed by atoms with Crippen LogP contribution in [0.2, 0.25) is 0 Å². The molecule has 0 fully saturated rings. The molecule has 3 N–H and O–H groups in total. The van der Waals surface area contributed by atoms with Crippen molar-refractivity contribution < 1.29 is 14.6 Å². The van der Waals surface area contributed by atoms with Gasteiger partial charge >= 0.3 is 5.97 Å². The molecule has 0 spiro atoms. The molecule has 0 bridgehead atoms. The Labute approximate surface area is 99.8 Å². The summed E-state index contributed by atoms with van der Waals surface area (Å²) >= 11 is 0. The van der Waals surface area contributed by atoms with Crippen molar-refractivity contribution in [1.82, 2.24) is 0 Å². The minimum atomic E-state index is -0.830. The Bertz CT molecular complexity index is 434. The van der Waals surface area contributed by atoms with Crippen molar-refractivity contribution in [3.63, 3.8) is 0 Å². The van der Waals surface area contributed by atoms with E-state index in [9.17, 15) is 9.90 Å². The molecule has 0 saturated carbocycles. The van der Waals surface area contributed by atoms with Gasteiger partial charge in [-0.05, 0) is 18.6 Å². The molecule has 0 radical (unpaired) electrons. The second-order valence-corrected chi connectivity index (χ2v) is 4.00. The molecule has 0 aliphatic carbocycles. The van der Waals surface area contributed by atoms with E-state index in [2.05, 4.69) is 0 Å². The minimum Gasteiger partial charge on any atom is -0.489 e. The predicted octanol–water partition coefficient (Wildman–Crippen LogP) is 1.33. The summed E-state index contributed by atoms with van der Waals surface area (Å²) < 4.78 is 5.49. The van der Waals surface area contributed by atoms with Gasteiger partial charge in [0.2, 0.25) is 0 Å². The van der Waals surface area contributed by atoms with Crippen molar-refractivity contribution >= 4 is 17.3 Å². The van der Waals surface area contributed by atoms with Gasteiger partial charge in [0.15, 0.2) is 0 Å². The summed E-state index contributed by atoms with van der Waals surface area (Å²) in [6.07, 6.45) is 0.531. The van der Waals surface area contributed by atoms with Crippen molar-refractivity contribution in [2.45, 2.75) is 19.4 Å². The molecule has 1 aliphatic heterocycles. The Morgan fingerprint density at radius 3 is 3.06 bits per heavy atom. The topological polar surface area (TPSA) is 75.8 Å². The smallest absolute Gasteiger partial charge is 0.326 e. The first kappa shape index (κ1) is 11.6. The second kappa shape index (κ2) is 4.53. The lowest BCUT2D eigenvalue weighted by Gasteiger charge is -2.35. The zero-order chi connectivity index (χ0) is 12.4. The molecule has 1 aliphatic rings. The number of carboxylic acids is 1. The van der Waals surface area contributed by atoms with E-state index in [-0.39, 0.29) is 0 Å². The molecule has 1 atom stereocenters. The van der Waals surface area contributed by atoms with Crippen LogP contribution in [0.4, 0.5) is 11.4 Å². The normalized spacial score (nSPS) is 15.9. The van der Waals surface area contributed by atoms with Crippen LogP contribution in [0.1, 0.15) is 13.3 Å². The second-order valence-electron chi connectivity index (χ2n) is 4.00. The molecule has 5 heteroatoms. The van der Waals surface area contributed by atoms with E-state index >= 15 is 0 Å². The first-order chi connectivity index (χ1) is 8.15. The summed E-state index contributed by atoms with van der Waals surface area (Å²) in [5.41, 5.74) is 7.17. The van der Waals surface area contributed by atoms with E-state index in [1.807, 2.05) is 17.9 Å². The van der Waals surface area contributed by atoms with Crippen LogP contribution in [0.3, 0.4) is 0 Å². The summed E-state index contributed by atoms with van der Waals surface area (Å²) in [5, 5.41) is 9.22. The molecule has 92 valence electrons. The highest BCUT2D eigenvalue weighted by molar-refractivity contribution is 5.84. The number of hydrogen-bond acceptors (Lipinski definition) is 4. The summed E-state index contributed by atoms with van der Waals surface area (Å²) in [4.78, 5) is 13.0. The molecule has 1 aromatic carbocycles. The third kappa shape index (κ3) is 2.00. The molecule has 0 aromatic heterocycles. The van der Waals surface area contributed by atoms with Crippen molar-refractivity contribution in [2.24, 2.45) is 0 Å². The maximum absolute atomic E-state index is 11.2. The number of benzene rings is 1. The number of hydrogen-bond donors (Lipinski definition) is 2. The molecule has 17 heavy (non-hydrogen) atoms. The predicted molar refractivity (Wildman–Crippen MR) is 65.4 cm³/mol. The number of para-hydroxylation sites is 1. The van der Waals surface area contributed by atoms with Gasteiger partial charge in [0, 0.05) is 0 Å². The van der Waals surface area contributed by atoms with Gasteiger partial charge in [-0.15, -0.1) is 0 Å². The van der Waals surface area contributed by atoms with Crippen molar-refractivity contribution in [2.75, 3.05) is 23.8 Å². The standard InChI is InChI=1S/C12H16N2O3/c1-2-9(12(15)16)14-6-7-17-10-5-3-4-8(13)11(10)14/h3-5,9H,2,6-7,13H2,1H3,(H,15,16). The van der Waals surface area contributed by atoms with Gasteiger partial charge in [-0.2, -0.15) is 0 Å². The Morgan fingerprint density at radius 1 is 1.65 bits per heavy atom. The van der Waals surface area contributed by atoms with Gasteiger partial charge in [-0.3, -0.25) is 0 Å². The SMILES string of the molecule is CCC(C(=O)O)N1CCOc2cccc(N)c21. The van der Waals surface area contributed by atoms with Crippen LogP contribution in [0.25, 0.3) is 0 Å². The van der Waals surface area contributed by atoms with Crippen LogP contribution in [0, 0.1) is 0 Å². The van der Waals surface area contributed by atoms with Crippen LogP contribution in [-0.4, -0.2) is 30.3 Å². The zero-order valence-electron chi connectivity index (χ0n) is 9.72. The fraction of sp³-hybridized carbons (Fsp3) is 0.417. The summed E-state index contributed by atoms with van der Waals surface area (Å²) in [6, 6.07) is 4.82. The monoisotopic (exact) mass is 236 g/mol. The highest BCUT2D eigenvalue weighted by Crippen LogP contribution is 2.38. The highest BCUT2D eigenvalue weighted by atomic mass is 16.5. The first-order valence-electron chi connectivity index (χ1n) is 5.66. The first-order valence-corrected chi connectivity index (χ1v) is 5.66. The molecule has 5 nitrogen and oxygen atoms in total. The summed E-state index contributed by atoms with van der Waals surface area (Å²) in [5.74, 6) is -0.167. The van der Waals surface area contributed by atoms with E-state index in [4.69, 9.17) is 10.5 Å². The van der Waals surface area contributed by atoms with E-state index in [0.717, 1.165) is 0 Å². The van der Waals surface area contributed by atoms with Crippen molar-refractivity contribution in [3.8, 4) is 5.75 Å². The van der Waals surface area contributed by atoms with Crippen molar-refractivity contribution in [3.05, 3.63) is 18.2 Å². The fourth-order valence-electron chi connectivity index (χ4n) is 2.17. The molecular formula is C12H16N2O3. The lowest BCUT2D eigenvalue weighted by atomic mass is 10.1. The number of nitrogens with two attached hydrogens (primary N) is 1. The van der Waals surface area contributed by atoms with Crippen LogP contribution in [-0.2, 0) is 4.79 Å². The third-order valence-electron chi connectivity index (χ3n) is 2.96. The summed E-state index contributed by atoms with van der Waals surface area (Å²) in [6.45, 7) is 2.89. The number of rotatable bonds is 3. The van der Waals surface area contributed by atoms with E-state index in [1.54, 1.807) is 12.1 Å². The Balaban J connectivity index is 2.43. The van der Waals surface area contributed by atoms with Gasteiger partial charge in [0.1, 0.15) is 24.1 Å². The quantitative estimate of drug-likeness (QED) is 0.774. The Hall–Kier alpha value is -1.91. The van der Waals surface area contributed by atoms with E-state index < -0.39 is 12.0 Å². The largest absolute Gasteiger partial charge is 0.489 e. The van der Waals surface area contributed by atoms with Crippen LogP contribution < -0.4 is 15.4 Å². The summed E-state index contributed by atoms with van der Waals surface area (Å²) in [7, 11) is 0. The van der Waals surface area contributed by atoms with Gasteiger partial charge in [0.05, 0.1) is 12.2 Å². The Kier molecular flexibility index (Phi) is 3.08. The average Bonchev–Trinajstić information content (AvgIpc) is 2.30. The maximum Gasteiger partial charge on any atom is 0.326 e. The maximum atomic E-state index is 11.2. The molecule has 1 heterocycles. The van der Waals surface area contributed by atoms with Crippen LogP contribution in [0.5, 0.6) is 5.75 Å². The number of ether oxygens (including phenoxy) is 1. The van der Waals surface area contributed by atoms with Gasteiger partial charge in [-0.1, -0.05) is 13.0 Å². The fourth-order valence-corrected chi connectivity index (χ4v) is 2.17. The molecular weight excluding hydrogens is 220 g/mol.